The number of rotatable bonds is 7. The molecule has 0 spiro atoms. The molecular weight excluding hydrogens is 298 g/mol. The van der Waals surface area contributed by atoms with Crippen molar-refractivity contribution in [2.24, 2.45) is 0 Å². The average molecular weight is 327 g/mol. The van der Waals surface area contributed by atoms with Crippen molar-refractivity contribution in [3.8, 4) is 0 Å². The molecule has 2 aromatic rings. The van der Waals surface area contributed by atoms with Crippen molar-refractivity contribution in [3.05, 3.63) is 48.0 Å². The summed E-state index contributed by atoms with van der Waals surface area (Å²) in [6.45, 7) is 9.41. The molecule has 1 heterocycles. The quantitative estimate of drug-likeness (QED) is 0.817. The summed E-state index contributed by atoms with van der Waals surface area (Å²) in [4.78, 5) is 4.93. The highest BCUT2D eigenvalue weighted by atomic mass is 16.3. The van der Waals surface area contributed by atoms with Crippen LogP contribution in [0.3, 0.4) is 0 Å². The van der Waals surface area contributed by atoms with Gasteiger partial charge in [-0.15, -0.1) is 0 Å². The molecule has 0 radical (unpaired) electrons. The number of hydrogen-bond donors (Lipinski definition) is 2. The van der Waals surface area contributed by atoms with E-state index >= 15 is 0 Å². The molecule has 0 aromatic heterocycles. The molecule has 3 rings (SSSR count). The van der Waals surface area contributed by atoms with Crippen molar-refractivity contribution in [1.82, 2.24) is 15.1 Å². The van der Waals surface area contributed by atoms with Gasteiger partial charge in [0.1, 0.15) is 0 Å². The van der Waals surface area contributed by atoms with Crippen LogP contribution in [0.25, 0.3) is 10.8 Å². The maximum atomic E-state index is 9.48. The molecule has 130 valence electrons. The number of likely N-dealkylation sites (N-methyl/N-ethyl adjacent to an activating group) is 1. The molecule has 1 aliphatic rings. The van der Waals surface area contributed by atoms with Crippen molar-refractivity contribution in [2.45, 2.75) is 13.0 Å². The van der Waals surface area contributed by atoms with Crippen LogP contribution in [-0.4, -0.2) is 67.3 Å². The Hall–Kier alpha value is -1.46. The first kappa shape index (κ1) is 17.4. The molecule has 2 N–H and O–H groups in total. The van der Waals surface area contributed by atoms with E-state index in [1.54, 1.807) is 0 Å². The number of hydrogen-bond acceptors (Lipinski definition) is 4. The summed E-state index contributed by atoms with van der Waals surface area (Å²) in [6, 6.07) is 15.7. The Labute approximate surface area is 145 Å². The lowest BCUT2D eigenvalue weighted by Gasteiger charge is -2.36. The predicted molar refractivity (Wildman–Crippen MR) is 100 cm³/mol. The zero-order chi connectivity index (χ0) is 16.8. The summed E-state index contributed by atoms with van der Waals surface area (Å²) in [5, 5.41) is 15.5. The first-order valence-corrected chi connectivity index (χ1v) is 9.08. The SMILES string of the molecule is CCN(CCO)C(CN1CCNCC1)c1ccc2ccccc2c1. The maximum absolute atomic E-state index is 9.48. The monoisotopic (exact) mass is 327 g/mol. The first-order valence-electron chi connectivity index (χ1n) is 9.08. The van der Waals surface area contributed by atoms with Crippen LogP contribution < -0.4 is 5.32 Å². The Morgan fingerprint density at radius 3 is 2.58 bits per heavy atom. The molecule has 1 unspecified atom stereocenters. The number of nitrogens with one attached hydrogen (secondary N) is 1. The van der Waals surface area contributed by atoms with Gasteiger partial charge < -0.3 is 10.4 Å². The summed E-state index contributed by atoms with van der Waals surface area (Å²) in [5.74, 6) is 0. The zero-order valence-corrected chi connectivity index (χ0v) is 14.6. The van der Waals surface area contributed by atoms with E-state index in [0.29, 0.717) is 6.04 Å². The van der Waals surface area contributed by atoms with Gasteiger partial charge in [0.15, 0.2) is 0 Å². The second kappa shape index (κ2) is 8.58. The fraction of sp³-hybridized carbons (Fsp3) is 0.500. The minimum atomic E-state index is 0.208. The van der Waals surface area contributed by atoms with E-state index in [9.17, 15) is 5.11 Å². The lowest BCUT2D eigenvalue weighted by molar-refractivity contribution is 0.113. The smallest absolute Gasteiger partial charge is 0.0558 e. The Morgan fingerprint density at radius 1 is 1.12 bits per heavy atom. The lowest BCUT2D eigenvalue weighted by atomic mass is 10.00. The number of nitrogens with zero attached hydrogens (tertiary/aromatic N) is 2. The Bertz CT molecular complexity index is 640. The summed E-state index contributed by atoms with van der Waals surface area (Å²) in [7, 11) is 0. The van der Waals surface area contributed by atoms with Gasteiger partial charge in [-0.25, -0.2) is 0 Å². The number of aliphatic hydroxyl groups excluding tert-OH is 1. The van der Waals surface area contributed by atoms with Gasteiger partial charge in [0.25, 0.3) is 0 Å². The molecule has 1 aliphatic heterocycles. The highest BCUT2D eigenvalue weighted by Gasteiger charge is 2.23. The molecule has 0 aliphatic carbocycles. The standard InChI is InChI=1S/C20H29N3O/c1-2-23(13-14-24)20(16-22-11-9-21-10-12-22)19-8-7-17-5-3-4-6-18(17)15-19/h3-8,15,20-21,24H,2,9-14,16H2,1H3. The molecule has 1 fully saturated rings. The van der Waals surface area contributed by atoms with E-state index in [1.807, 2.05) is 0 Å². The van der Waals surface area contributed by atoms with Crippen molar-refractivity contribution in [3.63, 3.8) is 0 Å². The van der Waals surface area contributed by atoms with Crippen LogP contribution in [-0.2, 0) is 0 Å². The maximum Gasteiger partial charge on any atom is 0.0558 e. The fourth-order valence-corrected chi connectivity index (χ4v) is 3.65. The van der Waals surface area contributed by atoms with Gasteiger partial charge in [-0.3, -0.25) is 9.80 Å². The fourth-order valence-electron chi connectivity index (χ4n) is 3.65. The molecule has 0 bridgehead atoms. The Balaban J connectivity index is 1.88. The third kappa shape index (κ3) is 4.14. The zero-order valence-electron chi connectivity index (χ0n) is 14.6. The number of piperazine rings is 1. The Kier molecular flexibility index (Phi) is 6.21. The van der Waals surface area contributed by atoms with Crippen LogP contribution in [0.5, 0.6) is 0 Å². The molecule has 0 amide bonds. The van der Waals surface area contributed by atoms with E-state index < -0.39 is 0 Å². The molecule has 0 saturated carbocycles. The molecule has 4 nitrogen and oxygen atoms in total. The third-order valence-corrected chi connectivity index (χ3v) is 5.03. The second-order valence-corrected chi connectivity index (χ2v) is 6.53. The van der Waals surface area contributed by atoms with E-state index in [4.69, 9.17) is 0 Å². The molecule has 2 aromatic carbocycles. The van der Waals surface area contributed by atoms with Crippen molar-refractivity contribution < 1.29 is 5.11 Å². The average Bonchev–Trinajstić information content (AvgIpc) is 2.65. The van der Waals surface area contributed by atoms with E-state index in [0.717, 1.165) is 45.8 Å². The molecule has 1 atom stereocenters. The van der Waals surface area contributed by atoms with Crippen LogP contribution >= 0.6 is 0 Å². The van der Waals surface area contributed by atoms with Crippen LogP contribution in [0.1, 0.15) is 18.5 Å². The highest BCUT2D eigenvalue weighted by Crippen LogP contribution is 2.26. The molecule has 24 heavy (non-hydrogen) atoms. The minimum absolute atomic E-state index is 0.208. The van der Waals surface area contributed by atoms with Gasteiger partial charge in [0.2, 0.25) is 0 Å². The van der Waals surface area contributed by atoms with E-state index in [-0.39, 0.29) is 6.61 Å². The van der Waals surface area contributed by atoms with Crippen LogP contribution in [0.4, 0.5) is 0 Å². The van der Waals surface area contributed by atoms with Gasteiger partial charge in [-0.05, 0) is 28.9 Å². The summed E-state index contributed by atoms with van der Waals surface area (Å²) in [6.07, 6.45) is 0. The number of fused-ring (bicyclic) bond motifs is 1. The Morgan fingerprint density at radius 2 is 1.88 bits per heavy atom. The minimum Gasteiger partial charge on any atom is -0.395 e. The summed E-state index contributed by atoms with van der Waals surface area (Å²) in [5.41, 5.74) is 1.35. The summed E-state index contributed by atoms with van der Waals surface area (Å²) >= 11 is 0. The summed E-state index contributed by atoms with van der Waals surface area (Å²) < 4.78 is 0. The van der Waals surface area contributed by atoms with Gasteiger partial charge in [0, 0.05) is 45.3 Å². The molecule has 4 heteroatoms. The van der Waals surface area contributed by atoms with E-state index in [2.05, 4.69) is 64.5 Å². The molecular formula is C20H29N3O. The largest absolute Gasteiger partial charge is 0.395 e. The number of aliphatic hydroxyl groups is 1. The second-order valence-electron chi connectivity index (χ2n) is 6.53. The first-order chi connectivity index (χ1) is 11.8. The topological polar surface area (TPSA) is 38.7 Å². The van der Waals surface area contributed by atoms with Crippen LogP contribution in [0.2, 0.25) is 0 Å². The van der Waals surface area contributed by atoms with Crippen LogP contribution in [0, 0.1) is 0 Å². The lowest BCUT2D eigenvalue weighted by Crippen LogP contribution is -2.47. The predicted octanol–water partition coefficient (Wildman–Crippen LogP) is 2.10. The van der Waals surface area contributed by atoms with Gasteiger partial charge >= 0.3 is 0 Å². The van der Waals surface area contributed by atoms with E-state index in [1.165, 1.54) is 16.3 Å². The van der Waals surface area contributed by atoms with Crippen molar-refractivity contribution in [2.75, 3.05) is 52.4 Å². The molecule has 1 saturated heterocycles. The van der Waals surface area contributed by atoms with Crippen LogP contribution in [0.15, 0.2) is 42.5 Å². The van der Waals surface area contributed by atoms with Gasteiger partial charge in [0.05, 0.1) is 6.61 Å². The highest BCUT2D eigenvalue weighted by molar-refractivity contribution is 5.83. The van der Waals surface area contributed by atoms with Crippen molar-refractivity contribution >= 4 is 10.8 Å². The van der Waals surface area contributed by atoms with Gasteiger partial charge in [-0.2, -0.15) is 0 Å². The normalized spacial score (nSPS) is 17.5. The number of benzene rings is 2. The van der Waals surface area contributed by atoms with Gasteiger partial charge in [-0.1, -0.05) is 43.3 Å². The third-order valence-electron chi connectivity index (χ3n) is 5.03. The van der Waals surface area contributed by atoms with Crippen molar-refractivity contribution in [1.29, 1.82) is 0 Å².